The zero-order chi connectivity index (χ0) is 21.1. The summed E-state index contributed by atoms with van der Waals surface area (Å²) in [5.74, 6) is 0.569. The summed E-state index contributed by atoms with van der Waals surface area (Å²) in [6.45, 7) is 4.11. The van der Waals surface area contributed by atoms with Gasteiger partial charge in [0.05, 0.1) is 23.4 Å². The van der Waals surface area contributed by atoms with Gasteiger partial charge in [0.1, 0.15) is 5.75 Å². The molecule has 0 spiro atoms. The zero-order valence-electron chi connectivity index (χ0n) is 16.4. The first kappa shape index (κ1) is 20.9. The van der Waals surface area contributed by atoms with Gasteiger partial charge >= 0.3 is 6.18 Å². The van der Waals surface area contributed by atoms with E-state index >= 15 is 0 Å². The molecule has 7 heteroatoms. The lowest BCUT2D eigenvalue weighted by atomic mass is 9.94. The number of rotatable bonds is 6. The lowest BCUT2D eigenvalue weighted by Gasteiger charge is -2.28. The summed E-state index contributed by atoms with van der Waals surface area (Å²) < 4.78 is 44.6. The van der Waals surface area contributed by atoms with Gasteiger partial charge in [-0.15, -0.1) is 0 Å². The predicted octanol–water partition coefficient (Wildman–Crippen LogP) is 5.28. The molecule has 0 saturated heterocycles. The summed E-state index contributed by atoms with van der Waals surface area (Å²) in [5.41, 5.74) is -0.454. The Morgan fingerprint density at radius 2 is 1.86 bits per heavy atom. The lowest BCUT2D eigenvalue weighted by molar-refractivity contribution is -0.137. The van der Waals surface area contributed by atoms with Crippen molar-refractivity contribution < 1.29 is 22.7 Å². The van der Waals surface area contributed by atoms with Crippen LogP contribution in [-0.2, 0) is 11.0 Å². The van der Waals surface area contributed by atoms with Crippen LogP contribution in [0.5, 0.6) is 5.75 Å². The normalized spacial score (nSPS) is 15.9. The number of amides is 1. The molecule has 1 amide bonds. The van der Waals surface area contributed by atoms with Gasteiger partial charge in [0.2, 0.25) is 5.91 Å². The Kier molecular flexibility index (Phi) is 5.96. The third-order valence-corrected chi connectivity index (χ3v) is 4.70. The van der Waals surface area contributed by atoms with Crippen molar-refractivity contribution in [2.24, 2.45) is 5.10 Å². The van der Waals surface area contributed by atoms with Gasteiger partial charge in [-0.05, 0) is 50.1 Å². The van der Waals surface area contributed by atoms with E-state index in [9.17, 15) is 18.0 Å². The molecule has 3 rings (SSSR count). The minimum atomic E-state index is -4.42. The van der Waals surface area contributed by atoms with Crippen LogP contribution in [0.15, 0.2) is 59.7 Å². The fourth-order valence-corrected chi connectivity index (χ4v) is 3.24. The third kappa shape index (κ3) is 5.16. The van der Waals surface area contributed by atoms with Crippen LogP contribution in [0, 0.1) is 0 Å². The van der Waals surface area contributed by atoms with E-state index in [2.05, 4.69) is 5.10 Å². The zero-order valence-corrected chi connectivity index (χ0v) is 16.4. The molecule has 0 atom stereocenters. The van der Waals surface area contributed by atoms with Crippen molar-refractivity contribution in [3.63, 3.8) is 0 Å². The number of para-hydroxylation sites is 1. The fourth-order valence-electron chi connectivity index (χ4n) is 3.24. The highest BCUT2D eigenvalue weighted by Crippen LogP contribution is 2.33. The van der Waals surface area contributed by atoms with Crippen LogP contribution in [0.3, 0.4) is 0 Å². The van der Waals surface area contributed by atoms with Crippen molar-refractivity contribution in [1.29, 1.82) is 0 Å². The molecule has 0 aliphatic carbocycles. The number of alkyl halides is 3. The van der Waals surface area contributed by atoms with Gasteiger partial charge in [-0.2, -0.15) is 18.3 Å². The van der Waals surface area contributed by atoms with Crippen molar-refractivity contribution in [2.75, 3.05) is 6.61 Å². The summed E-state index contributed by atoms with van der Waals surface area (Å²) in [4.78, 5) is 12.7. The Balaban J connectivity index is 1.64. The molecule has 0 radical (unpaired) electrons. The monoisotopic (exact) mass is 404 g/mol. The number of hydrogen-bond donors (Lipinski definition) is 0. The van der Waals surface area contributed by atoms with Crippen molar-refractivity contribution in [1.82, 2.24) is 5.01 Å². The number of nitrogens with zero attached hydrogens (tertiary/aromatic N) is 2. The molecule has 2 aromatic carbocycles. The molecule has 1 aliphatic rings. The minimum Gasteiger partial charge on any atom is -0.494 e. The highest BCUT2D eigenvalue weighted by molar-refractivity contribution is 6.03. The first-order chi connectivity index (χ1) is 13.7. The number of hydrogen-bond acceptors (Lipinski definition) is 3. The van der Waals surface area contributed by atoms with Crippen LogP contribution < -0.4 is 4.74 Å². The van der Waals surface area contributed by atoms with Crippen LogP contribution in [0.25, 0.3) is 0 Å². The van der Waals surface area contributed by atoms with Gasteiger partial charge < -0.3 is 4.74 Å². The average Bonchev–Trinajstić information content (AvgIpc) is 3.01. The number of ether oxygens (including phenoxy) is 1. The van der Waals surface area contributed by atoms with Gasteiger partial charge in [0.15, 0.2) is 0 Å². The van der Waals surface area contributed by atoms with E-state index in [1.807, 2.05) is 44.2 Å². The van der Waals surface area contributed by atoms with Crippen LogP contribution in [-0.4, -0.2) is 28.8 Å². The van der Waals surface area contributed by atoms with Gasteiger partial charge in [0, 0.05) is 12.8 Å². The Morgan fingerprint density at radius 3 is 2.55 bits per heavy atom. The van der Waals surface area contributed by atoms with Crippen molar-refractivity contribution in [3.05, 3.63) is 65.7 Å². The maximum absolute atomic E-state index is 13.0. The largest absolute Gasteiger partial charge is 0.494 e. The van der Waals surface area contributed by atoms with Gasteiger partial charge in [-0.3, -0.25) is 4.79 Å². The first-order valence-electron chi connectivity index (χ1n) is 9.43. The topological polar surface area (TPSA) is 41.9 Å². The summed E-state index contributed by atoms with van der Waals surface area (Å²) >= 11 is 0. The van der Waals surface area contributed by atoms with Gasteiger partial charge in [-0.1, -0.05) is 30.3 Å². The van der Waals surface area contributed by atoms with E-state index in [0.29, 0.717) is 30.7 Å². The fraction of sp³-hybridized carbons (Fsp3) is 0.364. The highest BCUT2D eigenvalue weighted by atomic mass is 19.4. The maximum atomic E-state index is 13.0. The second-order valence-corrected chi connectivity index (χ2v) is 7.59. The molecule has 1 aliphatic heterocycles. The quantitative estimate of drug-likeness (QED) is 0.615. The van der Waals surface area contributed by atoms with Crippen LogP contribution in [0.4, 0.5) is 13.2 Å². The third-order valence-electron chi connectivity index (χ3n) is 4.70. The lowest BCUT2D eigenvalue weighted by Crippen LogP contribution is -2.40. The van der Waals surface area contributed by atoms with Crippen LogP contribution >= 0.6 is 0 Å². The van der Waals surface area contributed by atoms with Crippen molar-refractivity contribution in [3.8, 4) is 5.75 Å². The van der Waals surface area contributed by atoms with E-state index in [1.54, 1.807) is 6.07 Å². The SMILES string of the molecule is CC1(C)CC(c2cccc(C(F)(F)F)c2)=NN1C(=O)CCCOc1ccccc1. The summed E-state index contributed by atoms with van der Waals surface area (Å²) in [5, 5.41) is 5.76. The molecule has 0 N–H and O–H groups in total. The average molecular weight is 404 g/mol. The minimum absolute atomic E-state index is 0.173. The van der Waals surface area contributed by atoms with Gasteiger partial charge in [-0.25, -0.2) is 5.01 Å². The van der Waals surface area contributed by atoms with E-state index in [1.165, 1.54) is 11.1 Å². The molecular formula is C22H23F3N2O2. The molecule has 1 heterocycles. The van der Waals surface area contributed by atoms with Crippen LogP contribution in [0.1, 0.15) is 44.2 Å². The first-order valence-corrected chi connectivity index (χ1v) is 9.43. The molecule has 4 nitrogen and oxygen atoms in total. The number of carbonyl (C=O) groups excluding carboxylic acids is 1. The standard InChI is InChI=1S/C22H23F3N2O2/c1-21(2)15-19(16-8-6-9-17(14-16)22(23,24)25)26-27(21)20(28)12-7-13-29-18-10-4-3-5-11-18/h3-6,8-11,14H,7,12-13,15H2,1-2H3. The molecular weight excluding hydrogens is 381 g/mol. The molecule has 0 fully saturated rings. The molecule has 0 unspecified atom stereocenters. The van der Waals surface area contributed by atoms with E-state index in [0.717, 1.165) is 17.9 Å². The van der Waals surface area contributed by atoms with Crippen LogP contribution in [0.2, 0.25) is 0 Å². The van der Waals surface area contributed by atoms with E-state index < -0.39 is 17.3 Å². The molecule has 2 aromatic rings. The van der Waals surface area contributed by atoms with Gasteiger partial charge in [0.25, 0.3) is 0 Å². The number of halogens is 3. The second kappa shape index (κ2) is 8.27. The molecule has 0 bridgehead atoms. The van der Waals surface area contributed by atoms with E-state index in [4.69, 9.17) is 4.74 Å². The molecule has 0 aromatic heterocycles. The summed E-state index contributed by atoms with van der Waals surface area (Å²) in [6.07, 6.45) is -3.26. The van der Waals surface area contributed by atoms with Crippen molar-refractivity contribution in [2.45, 2.75) is 44.8 Å². The molecule has 29 heavy (non-hydrogen) atoms. The number of carbonyl (C=O) groups is 1. The summed E-state index contributed by atoms with van der Waals surface area (Å²) in [7, 11) is 0. The Morgan fingerprint density at radius 1 is 1.14 bits per heavy atom. The van der Waals surface area contributed by atoms with Crippen molar-refractivity contribution >= 4 is 11.6 Å². The molecule has 154 valence electrons. The number of hydrazone groups is 1. The Bertz CT molecular complexity index is 892. The Labute approximate surface area is 168 Å². The number of benzene rings is 2. The smallest absolute Gasteiger partial charge is 0.416 e. The summed E-state index contributed by atoms with van der Waals surface area (Å²) in [6, 6.07) is 14.4. The highest BCUT2D eigenvalue weighted by Gasteiger charge is 2.39. The second-order valence-electron chi connectivity index (χ2n) is 7.59. The molecule has 0 saturated carbocycles. The van der Waals surface area contributed by atoms with E-state index in [-0.39, 0.29) is 12.3 Å². The predicted molar refractivity (Wildman–Crippen MR) is 105 cm³/mol. The Hall–Kier alpha value is -2.83. The maximum Gasteiger partial charge on any atom is 0.416 e.